The van der Waals surface area contributed by atoms with Crippen molar-refractivity contribution < 1.29 is 4.74 Å². The van der Waals surface area contributed by atoms with Crippen molar-refractivity contribution in [2.75, 3.05) is 0 Å². The van der Waals surface area contributed by atoms with Crippen LogP contribution in [0.2, 0.25) is 0 Å². The first-order valence-corrected chi connectivity index (χ1v) is 4.82. The van der Waals surface area contributed by atoms with Gasteiger partial charge in [0, 0.05) is 6.20 Å². The van der Waals surface area contributed by atoms with E-state index in [0.29, 0.717) is 0 Å². The molecule has 18 heavy (non-hydrogen) atoms. The van der Waals surface area contributed by atoms with Gasteiger partial charge in [-0.2, -0.15) is 0 Å². The highest BCUT2D eigenvalue weighted by atomic mass is 16.5. The molecule has 0 fully saturated rings. The lowest BCUT2D eigenvalue weighted by Gasteiger charge is -2.03. The molecule has 94 valence electrons. The zero-order chi connectivity index (χ0) is 13.1. The van der Waals surface area contributed by atoms with E-state index in [9.17, 15) is 19.2 Å². The van der Waals surface area contributed by atoms with Crippen molar-refractivity contribution in [1.82, 2.24) is 19.9 Å². The third kappa shape index (κ3) is 2.45. The molecular formula is C9H8N4O5. The van der Waals surface area contributed by atoms with Gasteiger partial charge in [-0.15, -0.1) is 0 Å². The van der Waals surface area contributed by atoms with Gasteiger partial charge < -0.3 is 14.7 Å². The normalized spacial score (nSPS) is 10.2. The number of ether oxygens (including phenoxy) is 1. The second-order valence-corrected chi connectivity index (χ2v) is 3.32. The summed E-state index contributed by atoms with van der Waals surface area (Å²) in [4.78, 5) is 52.5. The van der Waals surface area contributed by atoms with E-state index in [2.05, 4.69) is 9.97 Å². The van der Waals surface area contributed by atoms with Gasteiger partial charge >= 0.3 is 11.4 Å². The maximum atomic E-state index is 11.3. The fourth-order valence-corrected chi connectivity index (χ4v) is 1.21. The summed E-state index contributed by atoms with van der Waals surface area (Å²) in [6, 6.07) is 0. The van der Waals surface area contributed by atoms with Gasteiger partial charge in [0.05, 0.1) is 11.8 Å². The SMILES string of the molecule is O=c1[nH]cc(COc2c[nH]c(=O)[nH]c2=O)c(=O)[nH]1. The van der Waals surface area contributed by atoms with Crippen LogP contribution in [0.3, 0.4) is 0 Å². The van der Waals surface area contributed by atoms with E-state index in [1.165, 1.54) is 6.20 Å². The number of aromatic amines is 4. The smallest absolute Gasteiger partial charge is 0.325 e. The molecule has 0 unspecified atom stereocenters. The molecule has 2 aromatic heterocycles. The van der Waals surface area contributed by atoms with Crippen LogP contribution in [-0.2, 0) is 6.61 Å². The number of nitrogens with one attached hydrogen (secondary N) is 4. The Labute approximate surface area is 97.5 Å². The molecule has 0 spiro atoms. The Kier molecular flexibility index (Phi) is 2.96. The van der Waals surface area contributed by atoms with Crippen molar-refractivity contribution in [2.24, 2.45) is 0 Å². The lowest BCUT2D eigenvalue weighted by Crippen LogP contribution is -2.27. The van der Waals surface area contributed by atoms with Crippen LogP contribution >= 0.6 is 0 Å². The Morgan fingerprint density at radius 3 is 2.11 bits per heavy atom. The average molecular weight is 252 g/mol. The van der Waals surface area contributed by atoms with Gasteiger partial charge in [0.1, 0.15) is 6.61 Å². The second kappa shape index (κ2) is 4.57. The summed E-state index contributed by atoms with van der Waals surface area (Å²) in [5.74, 6) is -0.139. The minimum absolute atomic E-state index is 0.139. The summed E-state index contributed by atoms with van der Waals surface area (Å²) < 4.78 is 5.04. The van der Waals surface area contributed by atoms with E-state index in [4.69, 9.17) is 4.74 Å². The standard InChI is InChI=1S/C9H8N4O5/c14-6-4(1-10-8(16)12-6)3-18-5-2-11-9(17)13-7(5)15/h1-2H,3H2,(H2,10,12,14,16)(H2,11,13,15,17). The zero-order valence-corrected chi connectivity index (χ0v) is 8.90. The topological polar surface area (TPSA) is 141 Å². The van der Waals surface area contributed by atoms with E-state index >= 15 is 0 Å². The van der Waals surface area contributed by atoms with Gasteiger partial charge in [0.15, 0.2) is 0 Å². The number of hydrogen-bond donors (Lipinski definition) is 4. The molecule has 0 radical (unpaired) electrons. The molecule has 4 N–H and O–H groups in total. The van der Waals surface area contributed by atoms with Crippen LogP contribution in [0.4, 0.5) is 0 Å². The fraction of sp³-hybridized carbons (Fsp3) is 0.111. The molecule has 0 aliphatic heterocycles. The monoisotopic (exact) mass is 252 g/mol. The molecule has 2 aromatic rings. The predicted octanol–water partition coefficient (Wildman–Crippen LogP) is -1.98. The molecule has 0 saturated heterocycles. The average Bonchev–Trinajstić information content (AvgIpc) is 2.30. The third-order valence-corrected chi connectivity index (χ3v) is 2.06. The van der Waals surface area contributed by atoms with Crippen molar-refractivity contribution in [1.29, 1.82) is 0 Å². The lowest BCUT2D eigenvalue weighted by atomic mass is 10.3. The molecule has 0 aromatic carbocycles. The molecule has 2 rings (SSSR count). The fourth-order valence-electron chi connectivity index (χ4n) is 1.21. The lowest BCUT2D eigenvalue weighted by molar-refractivity contribution is 0.297. The first kappa shape index (κ1) is 11.6. The van der Waals surface area contributed by atoms with Crippen molar-refractivity contribution >= 4 is 0 Å². The molecule has 0 aliphatic carbocycles. The van der Waals surface area contributed by atoms with Crippen LogP contribution in [0, 0.1) is 0 Å². The van der Waals surface area contributed by atoms with E-state index < -0.39 is 22.5 Å². The molecule has 0 atom stereocenters. The van der Waals surface area contributed by atoms with E-state index in [-0.39, 0.29) is 17.9 Å². The van der Waals surface area contributed by atoms with Crippen LogP contribution in [0.1, 0.15) is 5.56 Å². The Morgan fingerprint density at radius 1 is 0.889 bits per heavy atom. The van der Waals surface area contributed by atoms with Gasteiger partial charge in [0.25, 0.3) is 11.1 Å². The van der Waals surface area contributed by atoms with Crippen LogP contribution < -0.4 is 27.2 Å². The predicted molar refractivity (Wildman–Crippen MR) is 59.7 cm³/mol. The first-order chi connectivity index (χ1) is 8.56. The van der Waals surface area contributed by atoms with Crippen LogP contribution in [0.25, 0.3) is 0 Å². The summed E-state index contributed by atoms with van der Waals surface area (Å²) in [7, 11) is 0. The number of hydrogen-bond acceptors (Lipinski definition) is 5. The second-order valence-electron chi connectivity index (χ2n) is 3.32. The molecule has 0 bridgehead atoms. The molecule has 0 amide bonds. The molecule has 2 heterocycles. The van der Waals surface area contributed by atoms with E-state index in [1.807, 2.05) is 9.97 Å². The summed E-state index contributed by atoms with van der Waals surface area (Å²) >= 11 is 0. The maximum absolute atomic E-state index is 11.3. The molecule has 9 heteroatoms. The molecular weight excluding hydrogens is 244 g/mol. The quantitative estimate of drug-likeness (QED) is 0.501. The van der Waals surface area contributed by atoms with Crippen LogP contribution in [0.15, 0.2) is 31.6 Å². The summed E-state index contributed by atoms with van der Waals surface area (Å²) in [5.41, 5.74) is -2.47. The van der Waals surface area contributed by atoms with E-state index in [0.717, 1.165) is 6.20 Å². The Balaban J connectivity index is 2.21. The summed E-state index contributed by atoms with van der Waals surface area (Å²) in [6.07, 6.45) is 2.27. The van der Waals surface area contributed by atoms with Crippen molar-refractivity contribution in [3.63, 3.8) is 0 Å². The van der Waals surface area contributed by atoms with Gasteiger partial charge in [0.2, 0.25) is 5.75 Å². The third-order valence-electron chi connectivity index (χ3n) is 2.06. The minimum Gasteiger partial charge on any atom is -0.482 e. The highest BCUT2D eigenvalue weighted by molar-refractivity contribution is 5.12. The van der Waals surface area contributed by atoms with E-state index in [1.54, 1.807) is 0 Å². The zero-order valence-electron chi connectivity index (χ0n) is 8.90. The van der Waals surface area contributed by atoms with Gasteiger partial charge in [-0.25, -0.2) is 9.59 Å². The maximum Gasteiger partial charge on any atom is 0.325 e. The van der Waals surface area contributed by atoms with Crippen molar-refractivity contribution in [3.05, 3.63) is 59.6 Å². The minimum atomic E-state index is -0.709. The highest BCUT2D eigenvalue weighted by Gasteiger charge is 2.04. The molecule has 0 aliphatic rings. The largest absolute Gasteiger partial charge is 0.482 e. The Hall–Kier alpha value is -2.84. The van der Waals surface area contributed by atoms with Gasteiger partial charge in [-0.05, 0) is 0 Å². The Morgan fingerprint density at radius 2 is 1.50 bits per heavy atom. The summed E-state index contributed by atoms with van der Waals surface area (Å²) in [5, 5.41) is 0. The highest BCUT2D eigenvalue weighted by Crippen LogP contribution is 1.99. The number of H-pyrrole nitrogens is 4. The number of aromatic nitrogens is 4. The van der Waals surface area contributed by atoms with Gasteiger partial charge in [-0.3, -0.25) is 19.6 Å². The summed E-state index contributed by atoms with van der Waals surface area (Å²) in [6.45, 7) is -0.221. The van der Waals surface area contributed by atoms with Crippen molar-refractivity contribution in [3.8, 4) is 5.75 Å². The number of rotatable bonds is 3. The first-order valence-electron chi connectivity index (χ1n) is 4.82. The van der Waals surface area contributed by atoms with Crippen LogP contribution in [0.5, 0.6) is 5.75 Å². The van der Waals surface area contributed by atoms with Crippen molar-refractivity contribution in [2.45, 2.75) is 6.61 Å². The van der Waals surface area contributed by atoms with Crippen LogP contribution in [-0.4, -0.2) is 19.9 Å². The van der Waals surface area contributed by atoms with Gasteiger partial charge in [-0.1, -0.05) is 0 Å². The molecule has 9 nitrogen and oxygen atoms in total. The Bertz CT molecular complexity index is 713. The molecule has 0 saturated carbocycles.